The van der Waals surface area contributed by atoms with Crippen LogP contribution >= 0.6 is 15.9 Å². The third-order valence-electron chi connectivity index (χ3n) is 5.45. The van der Waals surface area contributed by atoms with E-state index in [0.717, 1.165) is 10.2 Å². The van der Waals surface area contributed by atoms with E-state index in [9.17, 15) is 0 Å². The fourth-order valence-electron chi connectivity index (χ4n) is 3.69. The highest BCUT2D eigenvalue weighted by Crippen LogP contribution is 2.47. The molecule has 0 fully saturated rings. The molecule has 1 aliphatic rings. The molecule has 2 aromatic carbocycles. The SMILES string of the molecule is COCOc1ccc(-c2ccc3c(c2)C(C)(C)CCC3(C)C)cc1Br. The number of hydrogen-bond donors (Lipinski definition) is 0. The van der Waals surface area contributed by atoms with Crippen molar-refractivity contribution in [2.45, 2.75) is 51.4 Å². The number of benzene rings is 2. The maximum absolute atomic E-state index is 5.56. The van der Waals surface area contributed by atoms with Crippen molar-refractivity contribution in [2.75, 3.05) is 13.9 Å². The zero-order valence-electron chi connectivity index (χ0n) is 15.8. The minimum atomic E-state index is 0.222. The summed E-state index contributed by atoms with van der Waals surface area (Å²) in [7, 11) is 1.62. The summed E-state index contributed by atoms with van der Waals surface area (Å²) in [5, 5.41) is 0. The third kappa shape index (κ3) is 3.63. The first-order valence-corrected chi connectivity index (χ1v) is 9.60. The van der Waals surface area contributed by atoms with Gasteiger partial charge >= 0.3 is 0 Å². The van der Waals surface area contributed by atoms with Crippen molar-refractivity contribution in [3.63, 3.8) is 0 Å². The Hall–Kier alpha value is -1.32. The number of ether oxygens (including phenoxy) is 2. The average molecular weight is 403 g/mol. The van der Waals surface area contributed by atoms with Crippen molar-refractivity contribution < 1.29 is 9.47 Å². The van der Waals surface area contributed by atoms with Gasteiger partial charge in [0.25, 0.3) is 0 Å². The van der Waals surface area contributed by atoms with Crippen LogP contribution in [0.2, 0.25) is 0 Å². The second kappa shape index (κ2) is 6.77. The highest BCUT2D eigenvalue weighted by molar-refractivity contribution is 9.10. The van der Waals surface area contributed by atoms with Crippen LogP contribution in [0, 0.1) is 0 Å². The van der Waals surface area contributed by atoms with Gasteiger partial charge in [-0.05, 0) is 74.0 Å². The Balaban J connectivity index is 2.01. The third-order valence-corrected chi connectivity index (χ3v) is 6.07. The van der Waals surface area contributed by atoms with E-state index in [1.165, 1.54) is 35.1 Å². The van der Waals surface area contributed by atoms with E-state index < -0.39 is 0 Å². The van der Waals surface area contributed by atoms with Crippen LogP contribution in [-0.2, 0) is 15.6 Å². The van der Waals surface area contributed by atoms with E-state index in [1.54, 1.807) is 7.11 Å². The van der Waals surface area contributed by atoms with E-state index in [1.807, 2.05) is 6.07 Å². The van der Waals surface area contributed by atoms with Gasteiger partial charge in [0.05, 0.1) is 4.47 Å². The summed E-state index contributed by atoms with van der Waals surface area (Å²) >= 11 is 3.61. The monoisotopic (exact) mass is 402 g/mol. The van der Waals surface area contributed by atoms with Gasteiger partial charge in [-0.1, -0.05) is 52.0 Å². The Morgan fingerprint density at radius 3 is 2.12 bits per heavy atom. The van der Waals surface area contributed by atoms with E-state index >= 15 is 0 Å². The molecule has 0 atom stereocenters. The van der Waals surface area contributed by atoms with Gasteiger partial charge in [-0.15, -0.1) is 0 Å². The standard InChI is InChI=1S/C22H27BrO2/c1-21(2)10-11-22(3,4)18-12-15(6-8-17(18)21)16-7-9-20(19(23)13-16)25-14-24-5/h6-9,12-13H,10-11,14H2,1-5H3. The van der Waals surface area contributed by atoms with Gasteiger partial charge < -0.3 is 9.47 Å². The second-order valence-electron chi connectivity index (χ2n) is 8.22. The Labute approximate surface area is 159 Å². The summed E-state index contributed by atoms with van der Waals surface area (Å²) < 4.78 is 11.5. The van der Waals surface area contributed by atoms with Gasteiger partial charge in [-0.2, -0.15) is 0 Å². The number of rotatable bonds is 4. The lowest BCUT2D eigenvalue weighted by atomic mass is 9.63. The fraction of sp³-hybridized carbons (Fsp3) is 0.455. The van der Waals surface area contributed by atoms with Crippen molar-refractivity contribution in [2.24, 2.45) is 0 Å². The first-order chi connectivity index (χ1) is 11.7. The van der Waals surface area contributed by atoms with Gasteiger partial charge in [-0.3, -0.25) is 0 Å². The quantitative estimate of drug-likeness (QED) is 0.547. The average Bonchev–Trinajstić information content (AvgIpc) is 2.58. The second-order valence-corrected chi connectivity index (χ2v) is 9.08. The molecule has 0 unspecified atom stereocenters. The van der Waals surface area contributed by atoms with Crippen LogP contribution in [0.3, 0.4) is 0 Å². The zero-order chi connectivity index (χ0) is 18.2. The Bertz CT molecular complexity index is 778. The Morgan fingerprint density at radius 1 is 0.880 bits per heavy atom. The minimum Gasteiger partial charge on any atom is -0.466 e. The summed E-state index contributed by atoms with van der Waals surface area (Å²) in [6, 6.07) is 13.2. The molecular formula is C22H27BrO2. The number of hydrogen-bond acceptors (Lipinski definition) is 2. The van der Waals surface area contributed by atoms with Crippen LogP contribution in [0.25, 0.3) is 11.1 Å². The molecule has 0 amide bonds. The van der Waals surface area contributed by atoms with Crippen LogP contribution in [0.15, 0.2) is 40.9 Å². The lowest BCUT2D eigenvalue weighted by Gasteiger charge is -2.42. The number of methoxy groups -OCH3 is 1. The zero-order valence-corrected chi connectivity index (χ0v) is 17.4. The predicted octanol–water partition coefficient (Wildman–Crippen LogP) is 6.45. The molecule has 3 heteroatoms. The molecule has 1 aliphatic carbocycles. The topological polar surface area (TPSA) is 18.5 Å². The smallest absolute Gasteiger partial charge is 0.188 e. The predicted molar refractivity (Wildman–Crippen MR) is 107 cm³/mol. The van der Waals surface area contributed by atoms with Crippen molar-refractivity contribution in [3.05, 3.63) is 52.0 Å². The van der Waals surface area contributed by atoms with Gasteiger partial charge in [0.1, 0.15) is 5.75 Å². The molecule has 0 heterocycles. The summed E-state index contributed by atoms with van der Waals surface area (Å²) in [4.78, 5) is 0. The highest BCUT2D eigenvalue weighted by atomic mass is 79.9. The highest BCUT2D eigenvalue weighted by Gasteiger charge is 2.36. The van der Waals surface area contributed by atoms with Crippen molar-refractivity contribution >= 4 is 15.9 Å². The largest absolute Gasteiger partial charge is 0.466 e. The van der Waals surface area contributed by atoms with Crippen molar-refractivity contribution in [1.29, 1.82) is 0 Å². The number of halogens is 1. The molecule has 0 saturated heterocycles. The summed E-state index contributed by atoms with van der Waals surface area (Å²) in [6.45, 7) is 9.70. The summed E-state index contributed by atoms with van der Waals surface area (Å²) in [6.07, 6.45) is 2.47. The maximum atomic E-state index is 5.56. The fourth-order valence-corrected chi connectivity index (χ4v) is 4.18. The maximum Gasteiger partial charge on any atom is 0.188 e. The first-order valence-electron chi connectivity index (χ1n) is 8.81. The molecule has 3 rings (SSSR count). The molecule has 0 bridgehead atoms. The van der Waals surface area contributed by atoms with Crippen LogP contribution < -0.4 is 4.74 Å². The first kappa shape index (κ1) is 18.5. The van der Waals surface area contributed by atoms with E-state index in [2.05, 4.69) is 74.0 Å². The van der Waals surface area contributed by atoms with Crippen LogP contribution in [-0.4, -0.2) is 13.9 Å². The van der Waals surface area contributed by atoms with Gasteiger partial charge in [0.15, 0.2) is 6.79 Å². The van der Waals surface area contributed by atoms with E-state index in [-0.39, 0.29) is 17.6 Å². The molecule has 0 aromatic heterocycles. The molecule has 25 heavy (non-hydrogen) atoms. The Morgan fingerprint density at radius 2 is 1.48 bits per heavy atom. The van der Waals surface area contributed by atoms with Crippen LogP contribution in [0.1, 0.15) is 51.7 Å². The lowest BCUT2D eigenvalue weighted by Crippen LogP contribution is -2.33. The minimum absolute atomic E-state index is 0.222. The van der Waals surface area contributed by atoms with Crippen LogP contribution in [0.5, 0.6) is 5.75 Å². The molecule has 0 aliphatic heterocycles. The Kier molecular flexibility index (Phi) is 5.00. The molecular weight excluding hydrogens is 376 g/mol. The summed E-state index contributed by atoms with van der Waals surface area (Å²) in [5.74, 6) is 0.796. The van der Waals surface area contributed by atoms with Gasteiger partial charge in [0, 0.05) is 7.11 Å². The summed E-state index contributed by atoms with van der Waals surface area (Å²) in [5.41, 5.74) is 5.90. The molecule has 2 nitrogen and oxygen atoms in total. The molecule has 2 aromatic rings. The lowest BCUT2D eigenvalue weighted by molar-refractivity contribution is 0.0506. The molecule has 0 N–H and O–H groups in total. The van der Waals surface area contributed by atoms with Crippen molar-refractivity contribution in [3.8, 4) is 16.9 Å². The van der Waals surface area contributed by atoms with Crippen LogP contribution in [0.4, 0.5) is 0 Å². The van der Waals surface area contributed by atoms with E-state index in [4.69, 9.17) is 9.47 Å². The molecule has 0 radical (unpaired) electrons. The number of fused-ring (bicyclic) bond motifs is 1. The molecule has 0 spiro atoms. The van der Waals surface area contributed by atoms with Gasteiger partial charge in [-0.25, -0.2) is 0 Å². The van der Waals surface area contributed by atoms with Gasteiger partial charge in [0.2, 0.25) is 0 Å². The van der Waals surface area contributed by atoms with Crippen molar-refractivity contribution in [1.82, 2.24) is 0 Å². The molecule has 0 saturated carbocycles. The molecule has 134 valence electrons. The van der Waals surface area contributed by atoms with E-state index in [0.29, 0.717) is 0 Å². The normalized spacial score (nSPS) is 17.8.